The Morgan fingerprint density at radius 3 is 2.87 bits per heavy atom. The Balaban J connectivity index is 1.84. The van der Waals surface area contributed by atoms with Crippen LogP contribution in [0.2, 0.25) is 0 Å². The molecule has 1 atom stereocenters. The van der Waals surface area contributed by atoms with Gasteiger partial charge in [0, 0.05) is 35.1 Å². The number of aromatic nitrogens is 1. The summed E-state index contributed by atoms with van der Waals surface area (Å²) in [5.41, 5.74) is 0.981. The van der Waals surface area contributed by atoms with Crippen molar-refractivity contribution in [2.24, 2.45) is 0 Å². The van der Waals surface area contributed by atoms with Crippen LogP contribution in [0, 0.1) is 0 Å². The zero-order valence-electron chi connectivity index (χ0n) is 12.6. The van der Waals surface area contributed by atoms with Gasteiger partial charge in [0.05, 0.1) is 9.79 Å². The molecular weight excluding hydrogens is 328 g/mol. The van der Waals surface area contributed by atoms with Gasteiger partial charge in [0.15, 0.2) is 0 Å². The van der Waals surface area contributed by atoms with Gasteiger partial charge in [-0.25, -0.2) is 8.42 Å². The molecular formula is C17H18N2O2S2. The Labute approximate surface area is 139 Å². The van der Waals surface area contributed by atoms with Crippen LogP contribution in [0.3, 0.4) is 0 Å². The van der Waals surface area contributed by atoms with Crippen molar-refractivity contribution in [3.63, 3.8) is 0 Å². The molecule has 1 aliphatic heterocycles. The lowest BCUT2D eigenvalue weighted by Crippen LogP contribution is -2.26. The first-order valence-corrected chi connectivity index (χ1v) is 10.2. The predicted octanol–water partition coefficient (Wildman–Crippen LogP) is 3.29. The van der Waals surface area contributed by atoms with E-state index in [4.69, 9.17) is 0 Å². The van der Waals surface area contributed by atoms with Crippen LogP contribution in [0.1, 0.15) is 12.8 Å². The number of fused-ring (bicyclic) bond motifs is 1. The van der Waals surface area contributed by atoms with Gasteiger partial charge in [-0.05, 0) is 36.9 Å². The number of rotatable bonds is 4. The van der Waals surface area contributed by atoms with Crippen LogP contribution in [0.5, 0.6) is 0 Å². The van der Waals surface area contributed by atoms with Gasteiger partial charge >= 0.3 is 0 Å². The molecule has 4 rings (SSSR count). The van der Waals surface area contributed by atoms with Gasteiger partial charge in [0.2, 0.25) is 9.84 Å². The first-order valence-electron chi connectivity index (χ1n) is 7.75. The van der Waals surface area contributed by atoms with E-state index >= 15 is 0 Å². The first kappa shape index (κ1) is 14.9. The predicted molar refractivity (Wildman–Crippen MR) is 92.7 cm³/mol. The minimum atomic E-state index is -3.47. The van der Waals surface area contributed by atoms with E-state index in [1.807, 2.05) is 24.3 Å². The van der Waals surface area contributed by atoms with Gasteiger partial charge in [0.1, 0.15) is 0 Å². The highest BCUT2D eigenvalue weighted by molar-refractivity contribution is 7.91. The molecule has 1 saturated heterocycles. The quantitative estimate of drug-likeness (QED) is 0.789. The van der Waals surface area contributed by atoms with E-state index in [0.717, 1.165) is 30.4 Å². The number of nitrogens with zero attached hydrogens (tertiary/aromatic N) is 1. The summed E-state index contributed by atoms with van der Waals surface area (Å²) in [5, 5.41) is 7.77. The van der Waals surface area contributed by atoms with Crippen LogP contribution >= 0.6 is 11.3 Å². The normalized spacial score (nSPS) is 18.7. The Morgan fingerprint density at radius 2 is 2.13 bits per heavy atom. The molecule has 23 heavy (non-hydrogen) atoms. The van der Waals surface area contributed by atoms with Crippen LogP contribution in [-0.2, 0) is 16.4 Å². The molecule has 1 aliphatic rings. The van der Waals surface area contributed by atoms with Gasteiger partial charge in [-0.15, -0.1) is 0 Å². The average Bonchev–Trinajstić information content (AvgIpc) is 3.29. The summed E-state index contributed by atoms with van der Waals surface area (Å²) in [6.07, 6.45) is 4.13. The Morgan fingerprint density at radius 1 is 1.26 bits per heavy atom. The highest BCUT2D eigenvalue weighted by Crippen LogP contribution is 2.31. The Bertz CT molecular complexity index is 921. The van der Waals surface area contributed by atoms with E-state index in [0.29, 0.717) is 15.8 Å². The van der Waals surface area contributed by atoms with E-state index in [1.54, 1.807) is 23.0 Å². The molecule has 0 saturated carbocycles. The number of benzene rings is 1. The lowest BCUT2D eigenvalue weighted by atomic mass is 10.2. The third-order valence-electron chi connectivity index (χ3n) is 4.43. The number of para-hydroxylation sites is 1. The molecule has 0 spiro atoms. The molecule has 6 heteroatoms. The second kappa shape index (κ2) is 5.78. The molecule has 1 fully saturated rings. The Kier molecular flexibility index (Phi) is 3.75. The van der Waals surface area contributed by atoms with Crippen LogP contribution in [0.25, 0.3) is 10.9 Å². The summed E-state index contributed by atoms with van der Waals surface area (Å²) in [7, 11) is -3.47. The standard InChI is InChI=1S/C17H18N2O2S2/c20-23(21,14-7-9-22-12-14)17-11-19(10-13-4-3-8-18-13)16-6-2-1-5-15(16)17/h1-2,5-7,9,11-13,18H,3-4,8,10H2. The monoisotopic (exact) mass is 346 g/mol. The van der Waals surface area contributed by atoms with Crippen molar-refractivity contribution in [3.8, 4) is 0 Å². The van der Waals surface area contributed by atoms with Gasteiger partial charge < -0.3 is 9.88 Å². The number of hydrogen-bond donors (Lipinski definition) is 1. The fourth-order valence-corrected chi connectivity index (χ4v) is 5.77. The molecule has 0 amide bonds. The van der Waals surface area contributed by atoms with Crippen molar-refractivity contribution < 1.29 is 8.42 Å². The zero-order chi connectivity index (χ0) is 15.9. The van der Waals surface area contributed by atoms with Crippen LogP contribution in [0.15, 0.2) is 57.1 Å². The Hall–Kier alpha value is -1.63. The van der Waals surface area contributed by atoms with Crippen LogP contribution in [0.4, 0.5) is 0 Å². The van der Waals surface area contributed by atoms with Crippen molar-refractivity contribution in [2.75, 3.05) is 6.54 Å². The van der Waals surface area contributed by atoms with E-state index < -0.39 is 9.84 Å². The fourth-order valence-electron chi connectivity index (χ4n) is 3.26. The van der Waals surface area contributed by atoms with Crippen LogP contribution in [-0.4, -0.2) is 25.6 Å². The highest BCUT2D eigenvalue weighted by atomic mass is 32.2. The molecule has 0 bridgehead atoms. The molecule has 0 radical (unpaired) electrons. The highest BCUT2D eigenvalue weighted by Gasteiger charge is 2.24. The van der Waals surface area contributed by atoms with Gasteiger partial charge in [0.25, 0.3) is 0 Å². The largest absolute Gasteiger partial charge is 0.345 e. The lowest BCUT2D eigenvalue weighted by Gasteiger charge is -2.12. The van der Waals surface area contributed by atoms with Gasteiger partial charge in [-0.2, -0.15) is 11.3 Å². The topological polar surface area (TPSA) is 51.1 Å². The second-order valence-corrected chi connectivity index (χ2v) is 8.62. The number of thiophene rings is 1. The minimum Gasteiger partial charge on any atom is -0.345 e. The SMILES string of the molecule is O=S(=O)(c1ccsc1)c1cn(CC2CCCN2)c2ccccc12. The summed E-state index contributed by atoms with van der Waals surface area (Å²) in [6.45, 7) is 1.85. The first-order chi connectivity index (χ1) is 11.2. The zero-order valence-corrected chi connectivity index (χ0v) is 14.2. The van der Waals surface area contributed by atoms with Crippen molar-refractivity contribution in [3.05, 3.63) is 47.3 Å². The minimum absolute atomic E-state index is 0.379. The maximum absolute atomic E-state index is 12.9. The molecule has 3 aromatic rings. The molecule has 1 unspecified atom stereocenters. The smallest absolute Gasteiger partial charge is 0.209 e. The third-order valence-corrected chi connectivity index (χ3v) is 7.04. The number of sulfone groups is 1. The van der Waals surface area contributed by atoms with E-state index in [9.17, 15) is 8.42 Å². The third kappa shape index (κ3) is 2.60. The van der Waals surface area contributed by atoms with Crippen molar-refractivity contribution in [2.45, 2.75) is 35.2 Å². The molecule has 4 nitrogen and oxygen atoms in total. The summed E-state index contributed by atoms with van der Waals surface area (Å²) in [5.74, 6) is 0. The molecule has 1 aromatic carbocycles. The molecule has 3 heterocycles. The summed E-state index contributed by atoms with van der Waals surface area (Å²) in [6, 6.07) is 9.84. The van der Waals surface area contributed by atoms with Gasteiger partial charge in [-0.3, -0.25) is 0 Å². The summed E-state index contributed by atoms with van der Waals surface area (Å²) >= 11 is 1.40. The maximum atomic E-state index is 12.9. The number of nitrogens with one attached hydrogen (secondary N) is 1. The molecule has 0 aliphatic carbocycles. The lowest BCUT2D eigenvalue weighted by molar-refractivity contribution is 0.517. The number of hydrogen-bond acceptors (Lipinski definition) is 4. The average molecular weight is 346 g/mol. The molecule has 2 aromatic heterocycles. The van der Waals surface area contributed by atoms with Gasteiger partial charge in [-0.1, -0.05) is 18.2 Å². The summed E-state index contributed by atoms with van der Waals surface area (Å²) in [4.78, 5) is 0.786. The van der Waals surface area contributed by atoms with Crippen molar-refractivity contribution in [1.82, 2.24) is 9.88 Å². The molecule has 1 N–H and O–H groups in total. The second-order valence-electron chi connectivity index (χ2n) is 5.92. The molecule has 120 valence electrons. The van der Waals surface area contributed by atoms with E-state index in [1.165, 1.54) is 17.8 Å². The van der Waals surface area contributed by atoms with Crippen LogP contribution < -0.4 is 5.32 Å². The van der Waals surface area contributed by atoms with Crippen molar-refractivity contribution in [1.29, 1.82) is 0 Å². The maximum Gasteiger partial charge on any atom is 0.209 e. The summed E-state index contributed by atoms with van der Waals surface area (Å²) < 4.78 is 28.0. The van der Waals surface area contributed by atoms with E-state index in [-0.39, 0.29) is 0 Å². The fraction of sp³-hybridized carbons (Fsp3) is 0.294. The van der Waals surface area contributed by atoms with Crippen molar-refractivity contribution >= 4 is 32.1 Å². The van der Waals surface area contributed by atoms with E-state index in [2.05, 4.69) is 9.88 Å².